The molecule has 70 valence electrons. The second-order valence-electron chi connectivity index (χ2n) is 3.43. The lowest BCUT2D eigenvalue weighted by Gasteiger charge is -2.29. The van der Waals surface area contributed by atoms with Gasteiger partial charge in [0.1, 0.15) is 0 Å². The molecule has 1 saturated heterocycles. The Morgan fingerprint density at radius 3 is 3.08 bits per heavy atom. The molecule has 0 aliphatic carbocycles. The van der Waals surface area contributed by atoms with Gasteiger partial charge in [-0.05, 0) is 19.3 Å². The Hall–Kier alpha value is -0.570. The van der Waals surface area contributed by atoms with Crippen LogP contribution in [-0.2, 0) is 4.79 Å². The fourth-order valence-corrected chi connectivity index (χ4v) is 1.64. The van der Waals surface area contributed by atoms with Gasteiger partial charge in [0.15, 0.2) is 0 Å². The van der Waals surface area contributed by atoms with E-state index in [-0.39, 0.29) is 11.9 Å². The van der Waals surface area contributed by atoms with E-state index in [9.17, 15) is 10.0 Å². The Bertz CT molecular complexity index is 159. The number of piperidine rings is 1. The zero-order valence-corrected chi connectivity index (χ0v) is 7.62. The lowest BCUT2D eigenvalue weighted by molar-refractivity contribution is -0.182. The van der Waals surface area contributed by atoms with Crippen molar-refractivity contribution in [2.24, 2.45) is 0 Å². The monoisotopic (exact) mass is 171 g/mol. The molecule has 0 aromatic rings. The quantitative estimate of drug-likeness (QED) is 0.659. The van der Waals surface area contributed by atoms with E-state index in [0.29, 0.717) is 6.42 Å². The van der Waals surface area contributed by atoms with Crippen LogP contribution in [0, 0.1) is 0 Å². The zero-order chi connectivity index (χ0) is 8.97. The Morgan fingerprint density at radius 1 is 1.67 bits per heavy atom. The molecule has 1 aliphatic heterocycles. The average molecular weight is 171 g/mol. The van der Waals surface area contributed by atoms with Gasteiger partial charge in [-0.15, -0.1) is 0 Å². The van der Waals surface area contributed by atoms with E-state index in [1.807, 2.05) is 0 Å². The second kappa shape index (κ2) is 4.45. The largest absolute Gasteiger partial charge is 0.286 e. The number of hydroxylamine groups is 2. The summed E-state index contributed by atoms with van der Waals surface area (Å²) in [5.41, 5.74) is 0. The standard InChI is InChI=1S/C9H17NO2/c1-2-3-5-8-6-4-7-9(11)10(8)12/h8,12H,2-7H2,1H3. The molecule has 1 atom stereocenters. The fraction of sp³-hybridized carbons (Fsp3) is 0.889. The molecular weight excluding hydrogens is 154 g/mol. The molecule has 1 rings (SSSR count). The number of amides is 1. The summed E-state index contributed by atoms with van der Waals surface area (Å²) in [5.74, 6) is -0.109. The molecule has 3 heteroatoms. The van der Waals surface area contributed by atoms with Gasteiger partial charge in [0.05, 0.1) is 6.04 Å². The van der Waals surface area contributed by atoms with Gasteiger partial charge in [0.2, 0.25) is 5.91 Å². The highest BCUT2D eigenvalue weighted by Gasteiger charge is 2.25. The lowest BCUT2D eigenvalue weighted by atomic mass is 9.99. The van der Waals surface area contributed by atoms with Gasteiger partial charge < -0.3 is 0 Å². The molecule has 0 saturated carbocycles. The summed E-state index contributed by atoms with van der Waals surface area (Å²) in [4.78, 5) is 11.0. The maximum Gasteiger partial charge on any atom is 0.246 e. The second-order valence-corrected chi connectivity index (χ2v) is 3.43. The lowest BCUT2D eigenvalue weighted by Crippen LogP contribution is -2.40. The van der Waals surface area contributed by atoms with Gasteiger partial charge in [0, 0.05) is 6.42 Å². The Labute approximate surface area is 73.3 Å². The number of unbranched alkanes of at least 4 members (excludes halogenated alkanes) is 1. The highest BCUT2D eigenvalue weighted by atomic mass is 16.5. The third-order valence-electron chi connectivity index (χ3n) is 2.42. The third-order valence-corrected chi connectivity index (χ3v) is 2.42. The molecular formula is C9H17NO2. The summed E-state index contributed by atoms with van der Waals surface area (Å²) in [6, 6.07) is 0.0891. The smallest absolute Gasteiger partial charge is 0.246 e. The summed E-state index contributed by atoms with van der Waals surface area (Å²) >= 11 is 0. The minimum Gasteiger partial charge on any atom is -0.286 e. The first-order chi connectivity index (χ1) is 5.75. The van der Waals surface area contributed by atoms with E-state index in [0.717, 1.165) is 37.2 Å². The average Bonchev–Trinajstić information content (AvgIpc) is 2.08. The van der Waals surface area contributed by atoms with E-state index in [1.54, 1.807) is 0 Å². The highest BCUT2D eigenvalue weighted by Crippen LogP contribution is 2.20. The van der Waals surface area contributed by atoms with Crippen LogP contribution in [0.3, 0.4) is 0 Å². The van der Waals surface area contributed by atoms with Crippen LogP contribution in [0.2, 0.25) is 0 Å². The van der Waals surface area contributed by atoms with Crippen LogP contribution in [0.15, 0.2) is 0 Å². The van der Waals surface area contributed by atoms with E-state index >= 15 is 0 Å². The molecule has 1 heterocycles. The van der Waals surface area contributed by atoms with Crippen molar-refractivity contribution in [3.8, 4) is 0 Å². The maximum absolute atomic E-state index is 11.0. The summed E-state index contributed by atoms with van der Waals surface area (Å²) in [7, 11) is 0. The van der Waals surface area contributed by atoms with Crippen molar-refractivity contribution in [2.75, 3.05) is 0 Å². The molecule has 0 radical (unpaired) electrons. The van der Waals surface area contributed by atoms with Crippen molar-refractivity contribution in [3.63, 3.8) is 0 Å². The SMILES string of the molecule is CCCCC1CCCC(=O)N1O. The van der Waals surface area contributed by atoms with Crippen molar-refractivity contribution in [2.45, 2.75) is 51.5 Å². The van der Waals surface area contributed by atoms with Gasteiger partial charge in [-0.3, -0.25) is 10.0 Å². The third kappa shape index (κ3) is 2.21. The molecule has 1 unspecified atom stereocenters. The summed E-state index contributed by atoms with van der Waals surface area (Å²) in [6.45, 7) is 2.12. The Kier molecular flexibility index (Phi) is 3.53. The first-order valence-corrected chi connectivity index (χ1v) is 4.76. The molecule has 1 fully saturated rings. The van der Waals surface area contributed by atoms with Gasteiger partial charge >= 0.3 is 0 Å². The summed E-state index contributed by atoms with van der Waals surface area (Å²) < 4.78 is 0. The molecule has 0 bridgehead atoms. The van der Waals surface area contributed by atoms with Crippen LogP contribution in [0.1, 0.15) is 45.4 Å². The molecule has 1 N–H and O–H groups in total. The zero-order valence-electron chi connectivity index (χ0n) is 7.62. The molecule has 0 spiro atoms. The molecule has 1 aliphatic rings. The van der Waals surface area contributed by atoms with Crippen molar-refractivity contribution < 1.29 is 10.0 Å². The van der Waals surface area contributed by atoms with Gasteiger partial charge in [-0.25, -0.2) is 5.06 Å². The fourth-order valence-electron chi connectivity index (χ4n) is 1.64. The minimum absolute atomic E-state index is 0.0891. The van der Waals surface area contributed by atoms with Crippen LogP contribution in [-0.4, -0.2) is 22.2 Å². The van der Waals surface area contributed by atoms with E-state index in [4.69, 9.17) is 0 Å². The van der Waals surface area contributed by atoms with E-state index in [1.165, 1.54) is 0 Å². The Balaban J connectivity index is 2.35. The number of hydrogen-bond donors (Lipinski definition) is 1. The first-order valence-electron chi connectivity index (χ1n) is 4.76. The van der Waals surface area contributed by atoms with Crippen LogP contribution in [0.25, 0.3) is 0 Å². The number of nitrogens with zero attached hydrogens (tertiary/aromatic N) is 1. The van der Waals surface area contributed by atoms with E-state index in [2.05, 4.69) is 6.92 Å². The van der Waals surface area contributed by atoms with E-state index < -0.39 is 0 Å². The summed E-state index contributed by atoms with van der Waals surface area (Å²) in [6.07, 6.45) is 5.57. The Morgan fingerprint density at radius 2 is 2.42 bits per heavy atom. The predicted molar refractivity (Wildman–Crippen MR) is 45.8 cm³/mol. The number of hydrogen-bond acceptors (Lipinski definition) is 2. The highest BCUT2D eigenvalue weighted by molar-refractivity contribution is 5.75. The van der Waals surface area contributed by atoms with Gasteiger partial charge in [0.25, 0.3) is 0 Å². The number of carbonyl (C=O) groups excluding carboxylic acids is 1. The van der Waals surface area contributed by atoms with Gasteiger partial charge in [-0.1, -0.05) is 19.8 Å². The predicted octanol–water partition coefficient (Wildman–Crippen LogP) is 1.95. The molecule has 0 aromatic heterocycles. The van der Waals surface area contributed by atoms with Crippen molar-refractivity contribution in [3.05, 3.63) is 0 Å². The molecule has 12 heavy (non-hydrogen) atoms. The molecule has 0 aromatic carbocycles. The molecule has 3 nitrogen and oxygen atoms in total. The number of rotatable bonds is 3. The first kappa shape index (κ1) is 9.52. The van der Waals surface area contributed by atoms with Crippen LogP contribution >= 0.6 is 0 Å². The molecule has 1 amide bonds. The van der Waals surface area contributed by atoms with Crippen LogP contribution < -0.4 is 0 Å². The number of carbonyl (C=O) groups is 1. The van der Waals surface area contributed by atoms with Crippen molar-refractivity contribution in [1.82, 2.24) is 5.06 Å². The van der Waals surface area contributed by atoms with Crippen molar-refractivity contribution >= 4 is 5.91 Å². The topological polar surface area (TPSA) is 40.5 Å². The minimum atomic E-state index is -0.109. The summed E-state index contributed by atoms with van der Waals surface area (Å²) in [5, 5.41) is 10.3. The van der Waals surface area contributed by atoms with Crippen molar-refractivity contribution in [1.29, 1.82) is 0 Å². The van der Waals surface area contributed by atoms with Gasteiger partial charge in [-0.2, -0.15) is 0 Å². The normalized spacial score (nSPS) is 24.7. The van der Waals surface area contributed by atoms with Crippen LogP contribution in [0.5, 0.6) is 0 Å². The van der Waals surface area contributed by atoms with Crippen LogP contribution in [0.4, 0.5) is 0 Å². The maximum atomic E-state index is 11.0.